The van der Waals surface area contributed by atoms with Crippen molar-refractivity contribution in [3.63, 3.8) is 0 Å². The van der Waals surface area contributed by atoms with E-state index in [0.717, 1.165) is 10.6 Å². The number of carbonyl (C=O) groups is 3. The third-order valence-electron chi connectivity index (χ3n) is 4.54. The van der Waals surface area contributed by atoms with Gasteiger partial charge >= 0.3 is 11.8 Å². The summed E-state index contributed by atoms with van der Waals surface area (Å²) in [5, 5.41) is 0. The van der Waals surface area contributed by atoms with Crippen LogP contribution in [0.4, 0.5) is 17.1 Å². The Kier molecular flexibility index (Phi) is 5.40. The SMILES string of the molecule is CC(=O)N(C(=O)C(=O)N1CCN(c2ccccc2)CC1)c1ccc(N)cc1. The molecule has 1 fully saturated rings. The van der Waals surface area contributed by atoms with Crippen LogP contribution in [0.25, 0.3) is 0 Å². The minimum atomic E-state index is -0.847. The number of nitrogen functional groups attached to an aromatic ring is 1. The first-order valence-corrected chi connectivity index (χ1v) is 8.77. The van der Waals surface area contributed by atoms with Gasteiger partial charge in [-0.3, -0.25) is 14.4 Å². The van der Waals surface area contributed by atoms with Crippen LogP contribution < -0.4 is 15.5 Å². The molecule has 2 aromatic carbocycles. The first-order valence-electron chi connectivity index (χ1n) is 8.77. The molecule has 27 heavy (non-hydrogen) atoms. The molecule has 0 saturated carbocycles. The third-order valence-corrected chi connectivity index (χ3v) is 4.54. The fourth-order valence-corrected chi connectivity index (χ4v) is 3.10. The summed E-state index contributed by atoms with van der Waals surface area (Å²) in [6.45, 7) is 3.37. The first-order chi connectivity index (χ1) is 13.0. The van der Waals surface area contributed by atoms with Gasteiger partial charge < -0.3 is 15.5 Å². The zero-order valence-corrected chi connectivity index (χ0v) is 15.2. The number of amides is 3. The van der Waals surface area contributed by atoms with E-state index in [0.29, 0.717) is 37.6 Å². The Labute approximate surface area is 158 Å². The van der Waals surface area contributed by atoms with Crippen LogP contribution in [0.15, 0.2) is 54.6 Å². The minimum absolute atomic E-state index is 0.331. The van der Waals surface area contributed by atoms with Crippen molar-refractivity contribution in [1.82, 2.24) is 4.90 Å². The highest BCUT2D eigenvalue weighted by molar-refractivity contribution is 6.45. The fraction of sp³-hybridized carbons (Fsp3) is 0.250. The standard InChI is InChI=1S/C20H22N4O3/c1-15(25)24(18-9-7-16(21)8-10-18)20(27)19(26)23-13-11-22(12-14-23)17-5-3-2-4-6-17/h2-10H,11-14,21H2,1H3. The topological polar surface area (TPSA) is 87.0 Å². The molecule has 3 rings (SSSR count). The fourth-order valence-electron chi connectivity index (χ4n) is 3.10. The maximum atomic E-state index is 12.7. The van der Waals surface area contributed by atoms with Crippen LogP contribution in [0, 0.1) is 0 Å². The molecule has 0 aliphatic carbocycles. The average Bonchev–Trinajstić information content (AvgIpc) is 2.69. The summed E-state index contributed by atoms with van der Waals surface area (Å²) >= 11 is 0. The lowest BCUT2D eigenvalue weighted by molar-refractivity contribution is -0.145. The highest BCUT2D eigenvalue weighted by Crippen LogP contribution is 2.19. The lowest BCUT2D eigenvalue weighted by Crippen LogP contribution is -2.54. The van der Waals surface area contributed by atoms with E-state index in [4.69, 9.17) is 5.73 Å². The molecule has 0 atom stereocenters. The van der Waals surface area contributed by atoms with Gasteiger partial charge in [-0.2, -0.15) is 0 Å². The maximum absolute atomic E-state index is 12.7. The second-order valence-electron chi connectivity index (χ2n) is 6.37. The Balaban J connectivity index is 1.68. The Morgan fingerprint density at radius 3 is 2.04 bits per heavy atom. The van der Waals surface area contributed by atoms with Crippen LogP contribution in [0.5, 0.6) is 0 Å². The smallest absolute Gasteiger partial charge is 0.323 e. The second-order valence-corrected chi connectivity index (χ2v) is 6.37. The summed E-state index contributed by atoms with van der Waals surface area (Å²) < 4.78 is 0. The quantitative estimate of drug-likeness (QED) is 0.643. The third kappa shape index (κ3) is 4.08. The van der Waals surface area contributed by atoms with Gasteiger partial charge in [0, 0.05) is 44.5 Å². The number of hydrogen-bond donors (Lipinski definition) is 1. The molecular formula is C20H22N4O3. The molecule has 0 radical (unpaired) electrons. The molecule has 1 aliphatic rings. The lowest BCUT2D eigenvalue weighted by Gasteiger charge is -2.36. The largest absolute Gasteiger partial charge is 0.399 e. The first kappa shape index (κ1) is 18.4. The van der Waals surface area contributed by atoms with E-state index in [-0.39, 0.29) is 0 Å². The van der Waals surface area contributed by atoms with Gasteiger partial charge in [-0.05, 0) is 36.4 Å². The van der Waals surface area contributed by atoms with Gasteiger partial charge in [0.15, 0.2) is 0 Å². The van der Waals surface area contributed by atoms with Crippen molar-refractivity contribution in [2.45, 2.75) is 6.92 Å². The van der Waals surface area contributed by atoms with Gasteiger partial charge in [-0.1, -0.05) is 18.2 Å². The number of para-hydroxylation sites is 1. The van der Waals surface area contributed by atoms with E-state index < -0.39 is 17.7 Å². The summed E-state index contributed by atoms with van der Waals surface area (Å²) in [7, 11) is 0. The maximum Gasteiger partial charge on any atom is 0.323 e. The minimum Gasteiger partial charge on any atom is -0.399 e. The van der Waals surface area contributed by atoms with Gasteiger partial charge in [0.2, 0.25) is 5.91 Å². The second kappa shape index (κ2) is 7.90. The normalized spacial score (nSPS) is 14.0. The number of imide groups is 1. The van der Waals surface area contributed by atoms with Crippen molar-refractivity contribution in [3.05, 3.63) is 54.6 Å². The van der Waals surface area contributed by atoms with Crippen molar-refractivity contribution in [2.24, 2.45) is 0 Å². The van der Waals surface area contributed by atoms with Gasteiger partial charge in [-0.25, -0.2) is 4.90 Å². The summed E-state index contributed by atoms with van der Waals surface area (Å²) in [4.78, 5) is 41.9. The number of rotatable bonds is 2. The van der Waals surface area contributed by atoms with Gasteiger partial charge in [-0.15, -0.1) is 0 Å². The number of benzene rings is 2. The van der Waals surface area contributed by atoms with Crippen LogP contribution >= 0.6 is 0 Å². The Morgan fingerprint density at radius 1 is 0.889 bits per heavy atom. The monoisotopic (exact) mass is 366 g/mol. The summed E-state index contributed by atoms with van der Waals surface area (Å²) in [5.41, 5.74) is 7.58. The van der Waals surface area contributed by atoms with E-state index >= 15 is 0 Å². The number of piperazine rings is 1. The number of nitrogens with zero attached hydrogens (tertiary/aromatic N) is 3. The zero-order valence-electron chi connectivity index (χ0n) is 15.2. The van der Waals surface area contributed by atoms with Crippen molar-refractivity contribution >= 4 is 34.8 Å². The van der Waals surface area contributed by atoms with Crippen LogP contribution in [0.3, 0.4) is 0 Å². The molecule has 1 heterocycles. The highest BCUT2D eigenvalue weighted by atomic mass is 16.2. The number of hydrogen-bond acceptors (Lipinski definition) is 5. The number of nitrogens with two attached hydrogens (primary N) is 1. The van der Waals surface area contributed by atoms with Gasteiger partial charge in [0.05, 0.1) is 5.69 Å². The van der Waals surface area contributed by atoms with Crippen LogP contribution in [-0.4, -0.2) is 48.8 Å². The molecule has 1 saturated heterocycles. The van der Waals surface area contributed by atoms with Gasteiger partial charge in [0.25, 0.3) is 0 Å². The van der Waals surface area contributed by atoms with E-state index in [1.165, 1.54) is 11.8 Å². The zero-order chi connectivity index (χ0) is 19.4. The molecule has 3 amide bonds. The average molecular weight is 366 g/mol. The Hall–Kier alpha value is -3.35. The van der Waals surface area contributed by atoms with Crippen molar-refractivity contribution in [3.8, 4) is 0 Å². The predicted molar refractivity (Wildman–Crippen MR) is 104 cm³/mol. The summed E-state index contributed by atoms with van der Waals surface area (Å²) in [6.07, 6.45) is 0. The van der Waals surface area contributed by atoms with Crippen LogP contribution in [0.2, 0.25) is 0 Å². The molecule has 0 aromatic heterocycles. The van der Waals surface area contributed by atoms with Gasteiger partial charge in [0.1, 0.15) is 0 Å². The molecular weight excluding hydrogens is 344 g/mol. The molecule has 0 bridgehead atoms. The molecule has 0 unspecified atom stereocenters. The Morgan fingerprint density at radius 2 is 1.48 bits per heavy atom. The molecule has 140 valence electrons. The van der Waals surface area contributed by atoms with E-state index in [9.17, 15) is 14.4 Å². The lowest BCUT2D eigenvalue weighted by atomic mass is 10.2. The summed E-state index contributed by atoms with van der Waals surface area (Å²) in [5.74, 6) is -2.03. The van der Waals surface area contributed by atoms with E-state index in [1.807, 2.05) is 30.3 Å². The number of anilines is 3. The van der Waals surface area contributed by atoms with Crippen molar-refractivity contribution < 1.29 is 14.4 Å². The van der Waals surface area contributed by atoms with Crippen molar-refractivity contribution in [2.75, 3.05) is 41.7 Å². The van der Waals surface area contributed by atoms with Crippen LogP contribution in [0.1, 0.15) is 6.92 Å². The molecule has 2 aromatic rings. The van der Waals surface area contributed by atoms with E-state index in [2.05, 4.69) is 4.90 Å². The van der Waals surface area contributed by atoms with Crippen molar-refractivity contribution in [1.29, 1.82) is 0 Å². The summed E-state index contributed by atoms with van der Waals surface area (Å²) in [6, 6.07) is 16.2. The van der Waals surface area contributed by atoms with Crippen LogP contribution in [-0.2, 0) is 14.4 Å². The molecule has 7 heteroatoms. The predicted octanol–water partition coefficient (Wildman–Crippen LogP) is 1.50. The molecule has 0 spiro atoms. The van der Waals surface area contributed by atoms with E-state index in [1.54, 1.807) is 24.3 Å². The molecule has 2 N–H and O–H groups in total. The Bertz CT molecular complexity index is 828. The molecule has 7 nitrogen and oxygen atoms in total. The highest BCUT2D eigenvalue weighted by Gasteiger charge is 2.32. The number of carbonyl (C=O) groups excluding carboxylic acids is 3. The molecule has 1 aliphatic heterocycles.